The van der Waals surface area contributed by atoms with Crippen molar-refractivity contribution in [3.8, 4) is 0 Å². The number of aliphatic hydroxyl groups excluding tert-OH is 1. The SMILES string of the molecule is CN/C(N)=C\C(=N)CO. The van der Waals surface area contributed by atoms with Crippen molar-refractivity contribution in [2.24, 2.45) is 5.73 Å². The van der Waals surface area contributed by atoms with Crippen LogP contribution in [-0.2, 0) is 0 Å². The summed E-state index contributed by atoms with van der Waals surface area (Å²) in [7, 11) is 1.65. The van der Waals surface area contributed by atoms with Gasteiger partial charge in [-0.1, -0.05) is 0 Å². The predicted octanol–water partition coefficient (Wildman–Crippen LogP) is -0.982. The second kappa shape index (κ2) is 3.91. The van der Waals surface area contributed by atoms with Crippen LogP contribution in [0.2, 0.25) is 0 Å². The zero-order chi connectivity index (χ0) is 7.28. The fourth-order valence-electron chi connectivity index (χ4n) is 0.306. The molecule has 0 aliphatic carbocycles. The lowest BCUT2D eigenvalue weighted by Crippen LogP contribution is -2.16. The van der Waals surface area contributed by atoms with Crippen molar-refractivity contribution in [2.45, 2.75) is 0 Å². The quantitative estimate of drug-likeness (QED) is 0.369. The molecule has 0 aromatic rings. The highest BCUT2D eigenvalue weighted by atomic mass is 16.3. The standard InChI is InChI=1S/C5H11N3O/c1-8-5(7)2-4(6)3-9/h2,6,8-9H,3,7H2,1H3/b5-2-,6-4?. The number of nitrogens with two attached hydrogens (primary N) is 1. The Bertz CT molecular complexity index is 130. The van der Waals surface area contributed by atoms with E-state index in [4.69, 9.17) is 16.2 Å². The van der Waals surface area contributed by atoms with E-state index in [0.717, 1.165) is 0 Å². The second-order valence-electron chi connectivity index (χ2n) is 1.53. The molecule has 4 nitrogen and oxygen atoms in total. The molecule has 5 N–H and O–H groups in total. The molecule has 0 amide bonds. The van der Waals surface area contributed by atoms with Gasteiger partial charge in [-0.15, -0.1) is 0 Å². The van der Waals surface area contributed by atoms with E-state index in [1.807, 2.05) is 0 Å². The van der Waals surface area contributed by atoms with Crippen LogP contribution < -0.4 is 11.1 Å². The van der Waals surface area contributed by atoms with Gasteiger partial charge in [0.15, 0.2) is 0 Å². The molecule has 4 heteroatoms. The van der Waals surface area contributed by atoms with Gasteiger partial charge in [-0.3, -0.25) is 0 Å². The number of hydrogen-bond acceptors (Lipinski definition) is 4. The number of hydrogen-bond donors (Lipinski definition) is 4. The summed E-state index contributed by atoms with van der Waals surface area (Å²) < 4.78 is 0. The van der Waals surface area contributed by atoms with E-state index in [0.29, 0.717) is 5.82 Å². The molecule has 0 aliphatic heterocycles. The highest BCUT2D eigenvalue weighted by Gasteiger charge is 1.87. The fourth-order valence-corrected chi connectivity index (χ4v) is 0.306. The lowest BCUT2D eigenvalue weighted by Gasteiger charge is -1.96. The Labute approximate surface area is 53.9 Å². The first-order valence-electron chi connectivity index (χ1n) is 2.54. The lowest BCUT2D eigenvalue weighted by molar-refractivity contribution is 0.357. The van der Waals surface area contributed by atoms with Gasteiger partial charge in [0.25, 0.3) is 0 Å². The molecular weight excluding hydrogens is 118 g/mol. The Hall–Kier alpha value is -1.03. The van der Waals surface area contributed by atoms with E-state index in [-0.39, 0.29) is 12.3 Å². The molecule has 0 aromatic heterocycles. The van der Waals surface area contributed by atoms with Crippen LogP contribution in [0, 0.1) is 5.41 Å². The normalized spacial score (nSPS) is 11.1. The van der Waals surface area contributed by atoms with Crippen molar-refractivity contribution in [3.05, 3.63) is 11.9 Å². The van der Waals surface area contributed by atoms with E-state index in [1.165, 1.54) is 6.08 Å². The molecule has 0 unspecified atom stereocenters. The molecule has 0 bridgehead atoms. The van der Waals surface area contributed by atoms with E-state index in [2.05, 4.69) is 5.32 Å². The van der Waals surface area contributed by atoms with Crippen LogP contribution in [0.1, 0.15) is 0 Å². The van der Waals surface area contributed by atoms with Gasteiger partial charge in [0, 0.05) is 13.1 Å². The Kier molecular flexibility index (Phi) is 3.46. The summed E-state index contributed by atoms with van der Waals surface area (Å²) >= 11 is 0. The molecule has 0 radical (unpaired) electrons. The molecule has 0 saturated heterocycles. The summed E-state index contributed by atoms with van der Waals surface area (Å²) in [4.78, 5) is 0. The average Bonchev–Trinajstić information content (AvgIpc) is 1.87. The van der Waals surface area contributed by atoms with Gasteiger partial charge in [-0.25, -0.2) is 0 Å². The summed E-state index contributed by atoms with van der Waals surface area (Å²) in [6.07, 6.45) is 1.36. The smallest absolute Gasteiger partial charge is 0.0976 e. The number of nitrogens with one attached hydrogen (secondary N) is 2. The first kappa shape index (κ1) is 7.97. The van der Waals surface area contributed by atoms with Gasteiger partial charge in [0.1, 0.15) is 0 Å². The first-order chi connectivity index (χ1) is 4.20. The Morgan fingerprint density at radius 3 is 2.78 bits per heavy atom. The van der Waals surface area contributed by atoms with Crippen LogP contribution in [0.15, 0.2) is 11.9 Å². The van der Waals surface area contributed by atoms with Crippen LogP contribution in [0.4, 0.5) is 0 Å². The van der Waals surface area contributed by atoms with Gasteiger partial charge in [0.2, 0.25) is 0 Å². The monoisotopic (exact) mass is 129 g/mol. The first-order valence-corrected chi connectivity index (χ1v) is 2.54. The summed E-state index contributed by atoms with van der Waals surface area (Å²) in [5, 5.41) is 17.9. The van der Waals surface area contributed by atoms with Crippen molar-refractivity contribution in [3.63, 3.8) is 0 Å². The molecule has 0 saturated carbocycles. The Morgan fingerprint density at radius 2 is 2.44 bits per heavy atom. The van der Waals surface area contributed by atoms with Crippen molar-refractivity contribution >= 4 is 5.71 Å². The third-order valence-electron chi connectivity index (χ3n) is 0.789. The van der Waals surface area contributed by atoms with Crippen molar-refractivity contribution in [2.75, 3.05) is 13.7 Å². The van der Waals surface area contributed by atoms with Gasteiger partial charge in [0.05, 0.1) is 18.1 Å². The maximum absolute atomic E-state index is 8.33. The van der Waals surface area contributed by atoms with Crippen LogP contribution >= 0.6 is 0 Å². The molecule has 0 atom stereocenters. The van der Waals surface area contributed by atoms with Crippen molar-refractivity contribution in [1.82, 2.24) is 5.32 Å². The molecule has 52 valence electrons. The minimum Gasteiger partial charge on any atom is -0.390 e. The largest absolute Gasteiger partial charge is 0.390 e. The third-order valence-corrected chi connectivity index (χ3v) is 0.789. The summed E-state index contributed by atoms with van der Waals surface area (Å²) in [6.45, 7) is -0.275. The Balaban J connectivity index is 3.79. The highest BCUT2D eigenvalue weighted by Crippen LogP contribution is 1.77. The molecule has 0 spiro atoms. The maximum Gasteiger partial charge on any atom is 0.0976 e. The minimum atomic E-state index is -0.275. The topological polar surface area (TPSA) is 82.1 Å². The maximum atomic E-state index is 8.33. The molecule has 0 aliphatic rings. The molecule has 0 fully saturated rings. The number of rotatable bonds is 3. The van der Waals surface area contributed by atoms with Crippen molar-refractivity contribution in [1.29, 1.82) is 5.41 Å². The highest BCUT2D eigenvalue weighted by molar-refractivity contribution is 5.93. The van der Waals surface area contributed by atoms with Gasteiger partial charge >= 0.3 is 0 Å². The summed E-state index contributed by atoms with van der Waals surface area (Å²) in [5.41, 5.74) is 5.35. The lowest BCUT2D eigenvalue weighted by atomic mass is 10.4. The molecule has 0 rings (SSSR count). The molecule has 0 heterocycles. The average molecular weight is 129 g/mol. The zero-order valence-corrected chi connectivity index (χ0v) is 5.31. The molecular formula is C5H11N3O. The molecule has 0 aromatic carbocycles. The van der Waals surface area contributed by atoms with Gasteiger partial charge in [-0.2, -0.15) is 0 Å². The van der Waals surface area contributed by atoms with E-state index >= 15 is 0 Å². The van der Waals surface area contributed by atoms with E-state index in [1.54, 1.807) is 7.05 Å². The van der Waals surface area contributed by atoms with Crippen LogP contribution in [0.25, 0.3) is 0 Å². The second-order valence-corrected chi connectivity index (χ2v) is 1.53. The third kappa shape index (κ3) is 3.54. The minimum absolute atomic E-state index is 0.0989. The van der Waals surface area contributed by atoms with Crippen LogP contribution in [-0.4, -0.2) is 24.5 Å². The van der Waals surface area contributed by atoms with E-state index in [9.17, 15) is 0 Å². The van der Waals surface area contributed by atoms with Gasteiger partial charge < -0.3 is 21.6 Å². The number of aliphatic hydroxyl groups is 1. The van der Waals surface area contributed by atoms with Crippen LogP contribution in [0.5, 0.6) is 0 Å². The van der Waals surface area contributed by atoms with E-state index < -0.39 is 0 Å². The van der Waals surface area contributed by atoms with Crippen LogP contribution in [0.3, 0.4) is 0 Å². The fraction of sp³-hybridized carbons (Fsp3) is 0.400. The Morgan fingerprint density at radius 1 is 1.89 bits per heavy atom. The zero-order valence-electron chi connectivity index (χ0n) is 5.31. The summed E-state index contributed by atoms with van der Waals surface area (Å²) in [5.74, 6) is 0.383. The van der Waals surface area contributed by atoms with Gasteiger partial charge in [-0.05, 0) is 0 Å². The summed E-state index contributed by atoms with van der Waals surface area (Å²) in [6, 6.07) is 0. The van der Waals surface area contributed by atoms with Crippen molar-refractivity contribution < 1.29 is 5.11 Å². The molecule has 9 heavy (non-hydrogen) atoms. The predicted molar refractivity (Wildman–Crippen MR) is 36.1 cm³/mol.